The van der Waals surface area contributed by atoms with E-state index in [-0.39, 0.29) is 23.7 Å². The second-order valence-electron chi connectivity index (χ2n) is 6.83. The minimum atomic E-state index is -0.399. The molecule has 0 saturated heterocycles. The first-order chi connectivity index (χ1) is 11.3. The van der Waals surface area contributed by atoms with Gasteiger partial charge in [0.15, 0.2) is 11.6 Å². The fourth-order valence-electron chi connectivity index (χ4n) is 2.29. The van der Waals surface area contributed by atoms with Crippen molar-refractivity contribution in [3.05, 3.63) is 65.5 Å². The van der Waals surface area contributed by atoms with Gasteiger partial charge in [-0.05, 0) is 35.2 Å². The molecule has 2 aromatic carbocycles. The van der Waals surface area contributed by atoms with E-state index >= 15 is 0 Å². The van der Waals surface area contributed by atoms with Gasteiger partial charge in [0.25, 0.3) is 5.91 Å². The zero-order valence-corrected chi connectivity index (χ0v) is 14.7. The number of likely N-dealkylation sites (N-methyl/N-ethyl adjacent to an activating group) is 1. The molecule has 0 radical (unpaired) electrons. The standard InChI is InChI=1S/C20H24FNO2/c1-20(2,3)16-11-9-15(10-12-16)19(23)22(4)13-14-24-18-8-6-5-7-17(18)21/h5-12H,13-14H2,1-4H3. The molecule has 0 aliphatic heterocycles. The summed E-state index contributed by atoms with van der Waals surface area (Å²) in [6, 6.07) is 13.9. The highest BCUT2D eigenvalue weighted by Gasteiger charge is 2.16. The number of hydrogen-bond donors (Lipinski definition) is 0. The molecular formula is C20H24FNO2. The summed E-state index contributed by atoms with van der Waals surface area (Å²) in [6.07, 6.45) is 0. The Kier molecular flexibility index (Phi) is 5.60. The van der Waals surface area contributed by atoms with Crippen LogP contribution in [0, 0.1) is 5.82 Å². The number of amides is 1. The molecule has 2 rings (SSSR count). The molecule has 0 atom stereocenters. The average Bonchev–Trinajstić information content (AvgIpc) is 2.55. The van der Waals surface area contributed by atoms with E-state index in [0.717, 1.165) is 0 Å². The molecule has 0 spiro atoms. The Morgan fingerprint density at radius 3 is 2.29 bits per heavy atom. The second-order valence-corrected chi connectivity index (χ2v) is 6.83. The molecule has 0 heterocycles. The maximum Gasteiger partial charge on any atom is 0.253 e. The molecule has 3 nitrogen and oxygen atoms in total. The van der Waals surface area contributed by atoms with Gasteiger partial charge in [0.05, 0.1) is 6.54 Å². The van der Waals surface area contributed by atoms with Crippen LogP contribution >= 0.6 is 0 Å². The first-order valence-corrected chi connectivity index (χ1v) is 8.02. The summed E-state index contributed by atoms with van der Waals surface area (Å²) in [4.78, 5) is 14.0. The van der Waals surface area contributed by atoms with Crippen LogP contribution in [0.2, 0.25) is 0 Å². The third-order valence-electron chi connectivity index (χ3n) is 3.87. The Hall–Kier alpha value is -2.36. The maximum absolute atomic E-state index is 13.5. The molecule has 0 aliphatic carbocycles. The molecule has 0 N–H and O–H groups in total. The Bertz CT molecular complexity index is 690. The van der Waals surface area contributed by atoms with Crippen molar-refractivity contribution in [1.82, 2.24) is 4.90 Å². The SMILES string of the molecule is CN(CCOc1ccccc1F)C(=O)c1ccc(C(C)(C)C)cc1. The molecule has 0 unspecified atom stereocenters. The summed E-state index contributed by atoms with van der Waals surface area (Å²) in [6.45, 7) is 7.03. The van der Waals surface area contributed by atoms with E-state index in [9.17, 15) is 9.18 Å². The smallest absolute Gasteiger partial charge is 0.253 e. The number of nitrogens with zero attached hydrogens (tertiary/aromatic N) is 1. The predicted octanol–water partition coefficient (Wildman–Crippen LogP) is 4.27. The first kappa shape index (κ1) is 18.0. The number of halogens is 1. The lowest BCUT2D eigenvalue weighted by atomic mass is 9.86. The van der Waals surface area contributed by atoms with Gasteiger partial charge >= 0.3 is 0 Å². The molecule has 4 heteroatoms. The zero-order valence-electron chi connectivity index (χ0n) is 14.7. The third-order valence-corrected chi connectivity index (χ3v) is 3.87. The normalized spacial score (nSPS) is 11.2. The van der Waals surface area contributed by atoms with Crippen LogP contribution in [0.25, 0.3) is 0 Å². The minimum absolute atomic E-state index is 0.0566. The fourth-order valence-corrected chi connectivity index (χ4v) is 2.29. The van der Waals surface area contributed by atoms with Gasteiger partial charge in [-0.25, -0.2) is 4.39 Å². The summed E-state index contributed by atoms with van der Waals surface area (Å²) < 4.78 is 18.9. The van der Waals surface area contributed by atoms with Crippen LogP contribution in [0.3, 0.4) is 0 Å². The Balaban J connectivity index is 1.91. The summed E-state index contributed by atoms with van der Waals surface area (Å²) in [5.41, 5.74) is 1.88. The van der Waals surface area contributed by atoms with Gasteiger partial charge in [-0.3, -0.25) is 4.79 Å². The minimum Gasteiger partial charge on any atom is -0.489 e. The van der Waals surface area contributed by atoms with Crippen LogP contribution in [0.1, 0.15) is 36.7 Å². The van der Waals surface area contributed by atoms with Crippen LogP contribution in [-0.4, -0.2) is 31.0 Å². The van der Waals surface area contributed by atoms with E-state index in [1.807, 2.05) is 24.3 Å². The van der Waals surface area contributed by atoms with Gasteiger partial charge < -0.3 is 9.64 Å². The quantitative estimate of drug-likeness (QED) is 0.819. The van der Waals surface area contributed by atoms with Gasteiger partial charge in [0, 0.05) is 12.6 Å². The zero-order chi connectivity index (χ0) is 17.7. The number of carbonyl (C=O) groups is 1. The highest BCUT2D eigenvalue weighted by molar-refractivity contribution is 5.94. The largest absolute Gasteiger partial charge is 0.489 e. The lowest BCUT2D eigenvalue weighted by Crippen LogP contribution is -2.31. The highest BCUT2D eigenvalue weighted by atomic mass is 19.1. The molecular weight excluding hydrogens is 305 g/mol. The van der Waals surface area contributed by atoms with E-state index in [4.69, 9.17) is 4.74 Å². The highest BCUT2D eigenvalue weighted by Crippen LogP contribution is 2.22. The number of ether oxygens (including phenoxy) is 1. The van der Waals surface area contributed by atoms with Crippen molar-refractivity contribution in [1.29, 1.82) is 0 Å². The van der Waals surface area contributed by atoms with Crippen molar-refractivity contribution < 1.29 is 13.9 Å². The monoisotopic (exact) mass is 329 g/mol. The van der Waals surface area contributed by atoms with Crippen LogP contribution < -0.4 is 4.74 Å². The van der Waals surface area contributed by atoms with Crippen molar-refractivity contribution >= 4 is 5.91 Å². The molecule has 0 aromatic heterocycles. The van der Waals surface area contributed by atoms with Crippen LogP contribution in [-0.2, 0) is 5.41 Å². The van der Waals surface area contributed by atoms with Crippen molar-refractivity contribution in [2.75, 3.05) is 20.2 Å². The fraction of sp³-hybridized carbons (Fsp3) is 0.350. The number of hydrogen-bond acceptors (Lipinski definition) is 2. The van der Waals surface area contributed by atoms with Crippen molar-refractivity contribution in [3.63, 3.8) is 0 Å². The Morgan fingerprint density at radius 2 is 1.71 bits per heavy atom. The van der Waals surface area contributed by atoms with Crippen molar-refractivity contribution in [3.8, 4) is 5.75 Å². The molecule has 0 saturated carbocycles. The van der Waals surface area contributed by atoms with E-state index in [1.54, 1.807) is 30.1 Å². The molecule has 1 amide bonds. The number of rotatable bonds is 5. The first-order valence-electron chi connectivity index (χ1n) is 8.02. The molecule has 128 valence electrons. The average molecular weight is 329 g/mol. The van der Waals surface area contributed by atoms with E-state index in [2.05, 4.69) is 20.8 Å². The predicted molar refractivity (Wildman–Crippen MR) is 94.0 cm³/mol. The number of para-hydroxylation sites is 1. The van der Waals surface area contributed by atoms with Crippen LogP contribution in [0.5, 0.6) is 5.75 Å². The van der Waals surface area contributed by atoms with E-state index < -0.39 is 5.82 Å². The summed E-state index contributed by atoms with van der Waals surface area (Å²) in [7, 11) is 1.71. The van der Waals surface area contributed by atoms with Gasteiger partial charge in [0.2, 0.25) is 0 Å². The molecule has 0 bridgehead atoms. The summed E-state index contributed by atoms with van der Waals surface area (Å²) in [5, 5.41) is 0. The summed E-state index contributed by atoms with van der Waals surface area (Å²) >= 11 is 0. The Labute approximate surface area is 143 Å². The van der Waals surface area contributed by atoms with Gasteiger partial charge in [-0.15, -0.1) is 0 Å². The third kappa shape index (κ3) is 4.57. The summed E-state index contributed by atoms with van der Waals surface area (Å²) in [5.74, 6) is -0.273. The number of benzene rings is 2. The second kappa shape index (κ2) is 7.47. The molecule has 0 aliphatic rings. The van der Waals surface area contributed by atoms with E-state index in [0.29, 0.717) is 12.1 Å². The van der Waals surface area contributed by atoms with Gasteiger partial charge in [-0.2, -0.15) is 0 Å². The van der Waals surface area contributed by atoms with E-state index in [1.165, 1.54) is 11.6 Å². The molecule has 0 fully saturated rings. The van der Waals surface area contributed by atoms with Crippen molar-refractivity contribution in [2.45, 2.75) is 26.2 Å². The molecule has 24 heavy (non-hydrogen) atoms. The van der Waals surface area contributed by atoms with Crippen LogP contribution in [0.4, 0.5) is 4.39 Å². The van der Waals surface area contributed by atoms with Gasteiger partial charge in [-0.1, -0.05) is 45.0 Å². The van der Waals surface area contributed by atoms with Crippen LogP contribution in [0.15, 0.2) is 48.5 Å². The topological polar surface area (TPSA) is 29.5 Å². The van der Waals surface area contributed by atoms with Gasteiger partial charge in [0.1, 0.15) is 6.61 Å². The lowest BCUT2D eigenvalue weighted by molar-refractivity contribution is 0.0773. The Morgan fingerprint density at radius 1 is 1.08 bits per heavy atom. The molecule has 2 aromatic rings. The maximum atomic E-state index is 13.5. The van der Waals surface area contributed by atoms with Crippen molar-refractivity contribution in [2.24, 2.45) is 0 Å². The number of carbonyl (C=O) groups excluding carboxylic acids is 1. The lowest BCUT2D eigenvalue weighted by Gasteiger charge is -2.21.